The first kappa shape index (κ1) is 15.8. The van der Waals surface area contributed by atoms with Gasteiger partial charge in [0.25, 0.3) is 5.56 Å². The van der Waals surface area contributed by atoms with Crippen molar-refractivity contribution < 1.29 is 4.79 Å². The summed E-state index contributed by atoms with van der Waals surface area (Å²) in [6, 6.07) is 15.7. The van der Waals surface area contributed by atoms with E-state index in [-0.39, 0.29) is 18.0 Å². The molecule has 27 heavy (non-hydrogen) atoms. The number of carbonyl (C=O) groups is 1. The number of aromatic amines is 1. The van der Waals surface area contributed by atoms with Gasteiger partial charge in [0, 0.05) is 28.5 Å². The first-order chi connectivity index (χ1) is 13.2. The highest BCUT2D eigenvalue weighted by molar-refractivity contribution is 6.06. The van der Waals surface area contributed by atoms with Crippen LogP contribution >= 0.6 is 0 Å². The van der Waals surface area contributed by atoms with E-state index in [1.807, 2.05) is 42.5 Å². The van der Waals surface area contributed by atoms with Crippen LogP contribution in [0.1, 0.15) is 12.0 Å². The highest BCUT2D eigenvalue weighted by atomic mass is 16.2. The smallest absolute Gasteiger partial charge is 0.291 e. The molecule has 1 aliphatic heterocycles. The number of hydrogen-bond acceptors (Lipinski definition) is 3. The summed E-state index contributed by atoms with van der Waals surface area (Å²) in [7, 11) is 0. The lowest BCUT2D eigenvalue weighted by Crippen LogP contribution is -2.40. The number of anilines is 1. The number of amides is 1. The van der Waals surface area contributed by atoms with Crippen LogP contribution in [0.25, 0.3) is 21.8 Å². The fourth-order valence-corrected chi connectivity index (χ4v) is 3.89. The molecule has 0 unspecified atom stereocenters. The monoisotopic (exact) mass is 358 g/mol. The molecular formula is C21H18N4O2. The Hall–Kier alpha value is -3.41. The van der Waals surface area contributed by atoms with Gasteiger partial charge in [-0.3, -0.25) is 9.59 Å². The lowest BCUT2D eigenvalue weighted by atomic mass is 10.0. The fourth-order valence-electron chi connectivity index (χ4n) is 3.89. The Morgan fingerprint density at radius 1 is 1.07 bits per heavy atom. The van der Waals surface area contributed by atoms with Crippen molar-refractivity contribution >= 4 is 33.4 Å². The summed E-state index contributed by atoms with van der Waals surface area (Å²) in [5.41, 5.74) is 3.21. The van der Waals surface area contributed by atoms with E-state index in [4.69, 9.17) is 0 Å². The molecule has 3 heterocycles. The standard InChI is InChI=1S/C21H18N4O2/c26-19(24-11-5-7-14-6-1-4-10-18(14)24)13-25-21(27)20-16(12-22-25)15-8-2-3-9-17(15)23-20/h1-4,6,8-10,12,23H,5,7,11,13H2. The lowest BCUT2D eigenvalue weighted by Gasteiger charge is -2.29. The van der Waals surface area contributed by atoms with E-state index >= 15 is 0 Å². The number of para-hydroxylation sites is 2. The van der Waals surface area contributed by atoms with Crippen LogP contribution in [0.5, 0.6) is 0 Å². The average Bonchev–Trinajstić information content (AvgIpc) is 3.09. The number of aromatic nitrogens is 3. The third-order valence-electron chi connectivity index (χ3n) is 5.22. The van der Waals surface area contributed by atoms with Crippen molar-refractivity contribution in [1.82, 2.24) is 14.8 Å². The minimum Gasteiger partial charge on any atom is -0.350 e. The van der Waals surface area contributed by atoms with Crippen LogP contribution in [0, 0.1) is 0 Å². The Balaban J connectivity index is 1.52. The second kappa shape index (κ2) is 6.09. The van der Waals surface area contributed by atoms with Crippen LogP contribution in [0.3, 0.4) is 0 Å². The summed E-state index contributed by atoms with van der Waals surface area (Å²) in [5.74, 6) is -0.118. The van der Waals surface area contributed by atoms with Crippen LogP contribution in [-0.2, 0) is 17.8 Å². The lowest BCUT2D eigenvalue weighted by molar-refractivity contribution is -0.119. The van der Waals surface area contributed by atoms with Crippen molar-refractivity contribution in [3.63, 3.8) is 0 Å². The molecule has 2 aromatic heterocycles. The van der Waals surface area contributed by atoms with Gasteiger partial charge in [0.1, 0.15) is 12.1 Å². The molecule has 1 N–H and O–H groups in total. The van der Waals surface area contributed by atoms with Crippen LogP contribution in [0.4, 0.5) is 5.69 Å². The van der Waals surface area contributed by atoms with Crippen molar-refractivity contribution in [3.8, 4) is 0 Å². The second-order valence-electron chi connectivity index (χ2n) is 6.84. The Bertz CT molecular complexity index is 1240. The molecule has 5 rings (SSSR count). The maximum atomic E-state index is 12.9. The van der Waals surface area contributed by atoms with Crippen LogP contribution in [0.2, 0.25) is 0 Å². The van der Waals surface area contributed by atoms with Gasteiger partial charge in [-0.1, -0.05) is 36.4 Å². The molecular weight excluding hydrogens is 340 g/mol. The van der Waals surface area contributed by atoms with Gasteiger partial charge in [0.05, 0.1) is 6.20 Å². The molecule has 1 amide bonds. The maximum Gasteiger partial charge on any atom is 0.291 e. The number of H-pyrrole nitrogens is 1. The zero-order valence-electron chi connectivity index (χ0n) is 14.7. The highest BCUT2D eigenvalue weighted by Crippen LogP contribution is 2.27. The Morgan fingerprint density at radius 2 is 1.89 bits per heavy atom. The van der Waals surface area contributed by atoms with E-state index in [1.165, 1.54) is 10.2 Å². The molecule has 0 radical (unpaired) electrons. The molecule has 6 heteroatoms. The van der Waals surface area contributed by atoms with Crippen molar-refractivity contribution in [2.75, 3.05) is 11.4 Å². The predicted molar refractivity (Wildman–Crippen MR) is 105 cm³/mol. The zero-order chi connectivity index (χ0) is 18.4. The minimum absolute atomic E-state index is 0.0710. The largest absolute Gasteiger partial charge is 0.350 e. The van der Waals surface area contributed by atoms with Crippen LogP contribution < -0.4 is 10.5 Å². The summed E-state index contributed by atoms with van der Waals surface area (Å²) < 4.78 is 1.25. The number of aryl methyl sites for hydroxylation is 1. The van der Waals surface area contributed by atoms with Crippen molar-refractivity contribution in [2.45, 2.75) is 19.4 Å². The van der Waals surface area contributed by atoms with Gasteiger partial charge in [-0.25, -0.2) is 4.68 Å². The molecule has 134 valence electrons. The van der Waals surface area contributed by atoms with E-state index in [9.17, 15) is 9.59 Å². The molecule has 0 aliphatic carbocycles. The van der Waals surface area contributed by atoms with E-state index in [1.54, 1.807) is 11.1 Å². The van der Waals surface area contributed by atoms with Crippen LogP contribution in [0.15, 0.2) is 59.5 Å². The first-order valence-corrected chi connectivity index (χ1v) is 9.07. The quantitative estimate of drug-likeness (QED) is 0.599. The molecule has 0 fully saturated rings. The summed E-state index contributed by atoms with van der Waals surface area (Å²) in [6.45, 7) is 0.595. The van der Waals surface area contributed by atoms with E-state index in [2.05, 4.69) is 16.1 Å². The molecule has 2 aromatic carbocycles. The van der Waals surface area contributed by atoms with E-state index in [0.29, 0.717) is 12.1 Å². The number of benzene rings is 2. The Kier molecular flexibility index (Phi) is 3.57. The Labute approximate surface area is 155 Å². The fraction of sp³-hybridized carbons (Fsp3) is 0.190. The zero-order valence-corrected chi connectivity index (χ0v) is 14.7. The summed E-state index contributed by atoms with van der Waals surface area (Å²) in [6.07, 6.45) is 3.55. The predicted octanol–water partition coefficient (Wildman–Crippen LogP) is 2.86. The van der Waals surface area contributed by atoms with Gasteiger partial charge in [0.15, 0.2) is 0 Å². The summed E-state index contributed by atoms with van der Waals surface area (Å²) in [4.78, 5) is 30.7. The van der Waals surface area contributed by atoms with Crippen molar-refractivity contribution in [3.05, 3.63) is 70.6 Å². The maximum absolute atomic E-state index is 12.9. The number of nitrogens with zero attached hydrogens (tertiary/aromatic N) is 3. The van der Waals surface area contributed by atoms with Gasteiger partial charge in [-0.2, -0.15) is 5.10 Å². The van der Waals surface area contributed by atoms with E-state index in [0.717, 1.165) is 34.8 Å². The SMILES string of the molecule is O=C(Cn1ncc2c([nH]c3ccccc32)c1=O)N1CCCc2ccccc21. The summed E-state index contributed by atoms with van der Waals surface area (Å²) >= 11 is 0. The van der Waals surface area contributed by atoms with Gasteiger partial charge >= 0.3 is 0 Å². The van der Waals surface area contributed by atoms with Gasteiger partial charge < -0.3 is 9.88 Å². The number of rotatable bonds is 2. The topological polar surface area (TPSA) is 71.0 Å². The molecule has 0 saturated carbocycles. The first-order valence-electron chi connectivity index (χ1n) is 9.07. The highest BCUT2D eigenvalue weighted by Gasteiger charge is 2.23. The second-order valence-corrected chi connectivity index (χ2v) is 6.84. The normalized spacial score (nSPS) is 13.9. The molecule has 0 spiro atoms. The molecule has 0 bridgehead atoms. The van der Waals surface area contributed by atoms with Gasteiger partial charge in [-0.15, -0.1) is 0 Å². The van der Waals surface area contributed by atoms with Crippen molar-refractivity contribution in [1.29, 1.82) is 0 Å². The van der Waals surface area contributed by atoms with Gasteiger partial charge in [0.2, 0.25) is 5.91 Å². The molecule has 1 aliphatic rings. The average molecular weight is 358 g/mol. The number of hydrogen-bond donors (Lipinski definition) is 1. The molecule has 6 nitrogen and oxygen atoms in total. The van der Waals surface area contributed by atoms with Crippen molar-refractivity contribution in [2.24, 2.45) is 0 Å². The number of fused-ring (bicyclic) bond motifs is 4. The molecule has 0 saturated heterocycles. The van der Waals surface area contributed by atoms with Gasteiger partial charge in [-0.05, 0) is 30.5 Å². The molecule has 4 aromatic rings. The minimum atomic E-state index is -0.276. The Morgan fingerprint density at radius 3 is 2.81 bits per heavy atom. The van der Waals surface area contributed by atoms with E-state index < -0.39 is 0 Å². The number of carbonyl (C=O) groups excluding carboxylic acids is 1. The summed E-state index contributed by atoms with van der Waals surface area (Å²) in [5, 5.41) is 6.00. The third-order valence-corrected chi connectivity index (χ3v) is 5.22. The third kappa shape index (κ3) is 2.52. The van der Waals surface area contributed by atoms with Crippen LogP contribution in [-0.4, -0.2) is 27.2 Å². The number of nitrogens with one attached hydrogen (secondary N) is 1. The molecule has 0 atom stereocenters.